The van der Waals surface area contributed by atoms with E-state index in [9.17, 15) is 19.8 Å². The van der Waals surface area contributed by atoms with E-state index in [1.807, 2.05) is 0 Å². The Morgan fingerprint density at radius 3 is 1.73 bits per heavy atom. The van der Waals surface area contributed by atoms with Gasteiger partial charge in [-0.2, -0.15) is 0 Å². The molecule has 52 heavy (non-hydrogen) atoms. The van der Waals surface area contributed by atoms with E-state index in [0.29, 0.717) is 55.1 Å². The van der Waals surface area contributed by atoms with Crippen LogP contribution in [0, 0.1) is 53.3 Å². The second kappa shape index (κ2) is 24.7. The molecule has 3 rings (SSSR count). The fourth-order valence-corrected chi connectivity index (χ4v) is 10.2. The lowest BCUT2D eigenvalue weighted by Gasteiger charge is -2.49. The SMILES string of the molecule is C=C(C)C(=O)OCCCC1CC(C2CCC(C3CCC(CCCCCC)CC3)CC2CC)CC(CCCOC(=O)C(=C)C)C1OCCC(CO)CO. The molecule has 7 nitrogen and oxygen atoms in total. The third-order valence-corrected chi connectivity index (χ3v) is 13.3. The summed E-state index contributed by atoms with van der Waals surface area (Å²) in [6.45, 7) is 16.7. The van der Waals surface area contributed by atoms with Gasteiger partial charge in [-0.15, -0.1) is 0 Å². The summed E-state index contributed by atoms with van der Waals surface area (Å²) < 4.78 is 17.8. The predicted octanol–water partition coefficient (Wildman–Crippen LogP) is 10.0. The van der Waals surface area contributed by atoms with Crippen molar-refractivity contribution in [3.8, 4) is 0 Å². The molecule has 0 aliphatic heterocycles. The topological polar surface area (TPSA) is 102 Å². The van der Waals surface area contributed by atoms with Crippen LogP contribution >= 0.6 is 0 Å². The van der Waals surface area contributed by atoms with Gasteiger partial charge in [0.15, 0.2) is 0 Å². The highest BCUT2D eigenvalue weighted by Crippen LogP contribution is 2.52. The first kappa shape index (κ1) is 44.7. The molecule has 0 heterocycles. The fraction of sp³-hybridized carbons (Fsp3) is 0.867. The van der Waals surface area contributed by atoms with Crippen molar-refractivity contribution in [1.29, 1.82) is 0 Å². The maximum atomic E-state index is 12.1. The lowest BCUT2D eigenvalue weighted by Crippen LogP contribution is -2.44. The second-order valence-electron chi connectivity index (χ2n) is 17.3. The van der Waals surface area contributed by atoms with Crippen LogP contribution in [-0.4, -0.2) is 61.3 Å². The molecule has 3 saturated carbocycles. The zero-order valence-corrected chi connectivity index (χ0v) is 33.8. The van der Waals surface area contributed by atoms with E-state index >= 15 is 0 Å². The van der Waals surface area contributed by atoms with Crippen LogP contribution in [0.1, 0.15) is 156 Å². The first-order valence-corrected chi connectivity index (χ1v) is 21.6. The molecule has 7 heteroatoms. The number of aliphatic hydroxyl groups excluding tert-OH is 2. The molecule has 0 spiro atoms. The molecule has 3 aliphatic rings. The molecule has 0 aromatic carbocycles. The first-order valence-electron chi connectivity index (χ1n) is 21.6. The van der Waals surface area contributed by atoms with Crippen molar-refractivity contribution in [3.63, 3.8) is 0 Å². The molecular weight excluding hydrogens is 652 g/mol. The molecule has 0 aromatic heterocycles. The van der Waals surface area contributed by atoms with Gasteiger partial charge in [0, 0.05) is 36.9 Å². The van der Waals surface area contributed by atoms with Gasteiger partial charge in [0.05, 0.1) is 19.3 Å². The number of carbonyl (C=O) groups is 2. The lowest BCUT2D eigenvalue weighted by molar-refractivity contribution is -0.139. The molecule has 0 radical (unpaired) electrons. The highest BCUT2D eigenvalue weighted by molar-refractivity contribution is 5.87. The Morgan fingerprint density at radius 1 is 0.654 bits per heavy atom. The monoisotopic (exact) mass is 731 g/mol. The summed E-state index contributed by atoms with van der Waals surface area (Å²) in [4.78, 5) is 24.3. The molecule has 0 saturated heterocycles. The molecular formula is C45H78O7. The number of ether oxygens (including phenoxy) is 3. The third-order valence-electron chi connectivity index (χ3n) is 13.3. The van der Waals surface area contributed by atoms with Crippen molar-refractivity contribution in [2.45, 2.75) is 162 Å². The molecule has 2 N–H and O–H groups in total. The van der Waals surface area contributed by atoms with Crippen molar-refractivity contribution in [2.75, 3.05) is 33.0 Å². The van der Waals surface area contributed by atoms with E-state index in [1.165, 1.54) is 83.5 Å². The van der Waals surface area contributed by atoms with E-state index in [4.69, 9.17) is 14.2 Å². The number of hydrogen-bond acceptors (Lipinski definition) is 7. The number of rotatable bonds is 24. The minimum atomic E-state index is -0.335. The van der Waals surface area contributed by atoms with Crippen LogP contribution in [0.4, 0.5) is 0 Å². The summed E-state index contributed by atoms with van der Waals surface area (Å²) >= 11 is 0. The molecule has 5 atom stereocenters. The summed E-state index contributed by atoms with van der Waals surface area (Å²) in [7, 11) is 0. The Kier molecular flexibility index (Phi) is 21.2. The maximum Gasteiger partial charge on any atom is 0.333 e. The average Bonchev–Trinajstić information content (AvgIpc) is 3.15. The molecule has 0 aromatic rings. The fourth-order valence-electron chi connectivity index (χ4n) is 10.2. The van der Waals surface area contributed by atoms with Crippen molar-refractivity contribution in [1.82, 2.24) is 0 Å². The summed E-state index contributed by atoms with van der Waals surface area (Å²) in [5.41, 5.74) is 0.843. The van der Waals surface area contributed by atoms with Gasteiger partial charge in [0.1, 0.15) is 0 Å². The highest BCUT2D eigenvalue weighted by Gasteiger charge is 2.44. The molecule has 3 aliphatic carbocycles. The van der Waals surface area contributed by atoms with Crippen molar-refractivity contribution < 1.29 is 34.0 Å². The minimum absolute atomic E-state index is 0.0385. The van der Waals surface area contributed by atoms with Crippen LogP contribution in [0.2, 0.25) is 0 Å². The number of hydrogen-bond donors (Lipinski definition) is 2. The minimum Gasteiger partial charge on any atom is -0.462 e. The van der Waals surface area contributed by atoms with Crippen molar-refractivity contribution in [2.24, 2.45) is 53.3 Å². The summed E-state index contributed by atoms with van der Waals surface area (Å²) in [6.07, 6.45) is 24.4. The van der Waals surface area contributed by atoms with Crippen molar-refractivity contribution in [3.05, 3.63) is 24.3 Å². The Hall–Kier alpha value is -1.70. The van der Waals surface area contributed by atoms with Gasteiger partial charge in [-0.1, -0.05) is 78.4 Å². The van der Waals surface area contributed by atoms with Crippen LogP contribution in [0.3, 0.4) is 0 Å². The number of unbranched alkanes of at least 4 members (excludes halogenated alkanes) is 3. The van der Waals surface area contributed by atoms with Gasteiger partial charge in [0.25, 0.3) is 0 Å². The third kappa shape index (κ3) is 14.9. The highest BCUT2D eigenvalue weighted by atomic mass is 16.5. The Bertz CT molecular complexity index is 1000. The van der Waals surface area contributed by atoms with Gasteiger partial charge < -0.3 is 24.4 Å². The largest absolute Gasteiger partial charge is 0.462 e. The summed E-state index contributed by atoms with van der Waals surface area (Å²) in [6, 6.07) is 0. The summed E-state index contributed by atoms with van der Waals surface area (Å²) in [5, 5.41) is 19.4. The van der Waals surface area contributed by atoms with Gasteiger partial charge in [0.2, 0.25) is 0 Å². The van der Waals surface area contributed by atoms with E-state index < -0.39 is 0 Å². The van der Waals surface area contributed by atoms with Gasteiger partial charge in [-0.25, -0.2) is 9.59 Å². The van der Waals surface area contributed by atoms with Crippen LogP contribution < -0.4 is 0 Å². The van der Waals surface area contributed by atoms with E-state index in [-0.39, 0.29) is 37.2 Å². The molecule has 300 valence electrons. The van der Waals surface area contributed by atoms with Crippen LogP contribution in [-0.2, 0) is 23.8 Å². The van der Waals surface area contributed by atoms with Crippen LogP contribution in [0.15, 0.2) is 24.3 Å². The zero-order valence-electron chi connectivity index (χ0n) is 33.8. The smallest absolute Gasteiger partial charge is 0.333 e. The molecule has 0 bridgehead atoms. The summed E-state index contributed by atoms with van der Waals surface area (Å²) in [5.74, 6) is 4.67. The maximum absolute atomic E-state index is 12.1. The van der Waals surface area contributed by atoms with Gasteiger partial charge >= 0.3 is 11.9 Å². The standard InChI is InChI=1S/C45H78O7/c1-7-9-10-11-14-34-17-19-37(20-18-34)38-21-22-42(36(8-2)27-38)41-28-39(15-12-24-51-44(48)32(3)4)43(50-26-23-35(30-46)31-47)40(29-41)16-13-25-52-45(49)33(5)6/h34-43,46-47H,3,5,7-31H2,1-2,4,6H3. The Morgan fingerprint density at radius 2 is 1.21 bits per heavy atom. The Labute approximate surface area is 318 Å². The normalized spacial score (nSPS) is 29.5. The van der Waals surface area contributed by atoms with E-state index in [2.05, 4.69) is 27.0 Å². The number of aliphatic hydroxyl groups is 2. The molecule has 0 amide bonds. The average molecular weight is 731 g/mol. The Balaban J connectivity index is 1.70. The van der Waals surface area contributed by atoms with Crippen LogP contribution in [0.5, 0.6) is 0 Å². The van der Waals surface area contributed by atoms with Gasteiger partial charge in [-0.3, -0.25) is 0 Å². The van der Waals surface area contributed by atoms with E-state index in [0.717, 1.165) is 68.1 Å². The lowest BCUT2D eigenvalue weighted by atomic mass is 9.58. The zero-order chi connectivity index (χ0) is 37.9. The van der Waals surface area contributed by atoms with Crippen molar-refractivity contribution >= 4 is 11.9 Å². The quantitative estimate of drug-likeness (QED) is 0.0579. The first-order chi connectivity index (χ1) is 25.1. The second-order valence-corrected chi connectivity index (χ2v) is 17.3. The van der Waals surface area contributed by atoms with Crippen LogP contribution in [0.25, 0.3) is 0 Å². The molecule has 5 unspecified atom stereocenters. The number of carbonyl (C=O) groups excluding carboxylic acids is 2. The number of esters is 2. The molecule has 3 fully saturated rings. The predicted molar refractivity (Wildman–Crippen MR) is 211 cm³/mol. The van der Waals surface area contributed by atoms with Gasteiger partial charge in [-0.05, 0) is 138 Å². The van der Waals surface area contributed by atoms with E-state index in [1.54, 1.807) is 13.8 Å².